The minimum absolute atomic E-state index is 0.0488. The highest BCUT2D eigenvalue weighted by Gasteiger charge is 2.14. The van der Waals surface area contributed by atoms with E-state index in [4.69, 9.17) is 17.3 Å². The summed E-state index contributed by atoms with van der Waals surface area (Å²) in [7, 11) is 0. The largest absolute Gasteiger partial charge is 0.323 e. The van der Waals surface area contributed by atoms with Gasteiger partial charge < -0.3 is 5.73 Å². The van der Waals surface area contributed by atoms with Crippen LogP contribution in [0.1, 0.15) is 34.1 Å². The molecule has 0 aliphatic rings. The summed E-state index contributed by atoms with van der Waals surface area (Å²) in [5, 5.41) is 1.28. The molecule has 0 spiro atoms. The fraction of sp³-hybridized carbons (Fsp3) is 0.308. The van der Waals surface area contributed by atoms with Gasteiger partial charge in [-0.3, -0.25) is 0 Å². The summed E-state index contributed by atoms with van der Waals surface area (Å²) in [6, 6.07) is 4.65. The van der Waals surface area contributed by atoms with Crippen molar-refractivity contribution in [3.63, 3.8) is 0 Å². The summed E-state index contributed by atoms with van der Waals surface area (Å²) in [4.78, 5) is 5.46. The SMILES string of the molecule is Cc1nc(Cc2c(F)cccc2Cl)sc1C(C)N. The van der Waals surface area contributed by atoms with E-state index in [0.29, 0.717) is 17.0 Å². The van der Waals surface area contributed by atoms with Gasteiger partial charge in [0, 0.05) is 27.9 Å². The first kappa shape index (κ1) is 13.5. The number of nitrogens with zero attached hydrogens (tertiary/aromatic N) is 1. The Labute approximate surface area is 115 Å². The molecule has 0 aliphatic heterocycles. The van der Waals surface area contributed by atoms with Crippen molar-refractivity contribution < 1.29 is 4.39 Å². The van der Waals surface area contributed by atoms with Crippen molar-refractivity contribution in [3.8, 4) is 0 Å². The first-order valence-corrected chi connectivity index (χ1v) is 6.83. The smallest absolute Gasteiger partial charge is 0.128 e. The van der Waals surface area contributed by atoms with Gasteiger partial charge in [-0.05, 0) is 26.0 Å². The molecule has 2 nitrogen and oxygen atoms in total. The Morgan fingerprint density at radius 1 is 1.50 bits per heavy atom. The van der Waals surface area contributed by atoms with E-state index >= 15 is 0 Å². The zero-order valence-corrected chi connectivity index (χ0v) is 11.8. The van der Waals surface area contributed by atoms with Gasteiger partial charge in [0.25, 0.3) is 0 Å². The minimum atomic E-state index is -0.294. The maximum Gasteiger partial charge on any atom is 0.128 e. The molecule has 1 atom stereocenters. The first-order chi connectivity index (χ1) is 8.49. The molecule has 18 heavy (non-hydrogen) atoms. The predicted molar refractivity (Wildman–Crippen MR) is 73.7 cm³/mol. The summed E-state index contributed by atoms with van der Waals surface area (Å²) in [5.41, 5.74) is 7.26. The van der Waals surface area contributed by atoms with E-state index in [2.05, 4.69) is 4.98 Å². The standard InChI is InChI=1S/C13H14ClFN2S/c1-7(16)13-8(2)17-12(18-13)6-9-10(14)4-3-5-11(9)15/h3-5,7H,6,16H2,1-2H3. The fourth-order valence-corrected chi connectivity index (χ4v) is 3.08. The molecule has 1 aromatic carbocycles. The van der Waals surface area contributed by atoms with E-state index < -0.39 is 0 Å². The lowest BCUT2D eigenvalue weighted by molar-refractivity contribution is 0.614. The molecule has 0 radical (unpaired) electrons. The van der Waals surface area contributed by atoms with Gasteiger partial charge in [-0.2, -0.15) is 0 Å². The summed E-state index contributed by atoms with van der Waals surface area (Å²) in [6.45, 7) is 3.84. The van der Waals surface area contributed by atoms with Crippen LogP contribution in [0.15, 0.2) is 18.2 Å². The fourth-order valence-electron chi connectivity index (χ4n) is 1.82. The van der Waals surface area contributed by atoms with Gasteiger partial charge in [-0.1, -0.05) is 17.7 Å². The summed E-state index contributed by atoms with van der Waals surface area (Å²) < 4.78 is 13.7. The van der Waals surface area contributed by atoms with Gasteiger partial charge in [-0.25, -0.2) is 9.37 Å². The Morgan fingerprint density at radius 3 is 2.78 bits per heavy atom. The number of halogens is 2. The minimum Gasteiger partial charge on any atom is -0.323 e. The Hall–Kier alpha value is -0.970. The van der Waals surface area contributed by atoms with E-state index in [1.165, 1.54) is 17.4 Å². The molecule has 0 aliphatic carbocycles. The highest BCUT2D eigenvalue weighted by atomic mass is 35.5. The topological polar surface area (TPSA) is 38.9 Å². The molecule has 1 aromatic heterocycles. The number of aryl methyl sites for hydroxylation is 1. The molecule has 2 rings (SSSR count). The third-order valence-electron chi connectivity index (χ3n) is 2.68. The van der Waals surface area contributed by atoms with Crippen molar-refractivity contribution in [2.45, 2.75) is 26.3 Å². The van der Waals surface area contributed by atoms with Gasteiger partial charge in [0.2, 0.25) is 0 Å². The number of rotatable bonds is 3. The summed E-state index contributed by atoms with van der Waals surface area (Å²) >= 11 is 7.52. The van der Waals surface area contributed by atoms with Gasteiger partial charge in [0.15, 0.2) is 0 Å². The van der Waals surface area contributed by atoms with Crippen molar-refractivity contribution in [2.24, 2.45) is 5.73 Å². The molecule has 0 amide bonds. The lowest BCUT2D eigenvalue weighted by atomic mass is 10.1. The van der Waals surface area contributed by atoms with Crippen LogP contribution in [0.3, 0.4) is 0 Å². The Morgan fingerprint density at radius 2 is 2.22 bits per heavy atom. The van der Waals surface area contributed by atoms with Crippen LogP contribution in [-0.4, -0.2) is 4.98 Å². The highest BCUT2D eigenvalue weighted by molar-refractivity contribution is 7.11. The Kier molecular flexibility index (Phi) is 4.00. The number of nitrogens with two attached hydrogens (primary N) is 1. The molecule has 1 unspecified atom stereocenters. The average molecular weight is 285 g/mol. The summed E-state index contributed by atoms with van der Waals surface area (Å²) in [6.07, 6.45) is 0.406. The van der Waals surface area contributed by atoms with E-state index in [-0.39, 0.29) is 11.9 Å². The molecule has 0 bridgehead atoms. The van der Waals surface area contributed by atoms with Crippen LogP contribution < -0.4 is 5.73 Å². The van der Waals surface area contributed by atoms with Crippen molar-refractivity contribution in [3.05, 3.63) is 50.2 Å². The number of hydrogen-bond acceptors (Lipinski definition) is 3. The number of thiazole rings is 1. The van der Waals surface area contributed by atoms with Crippen LogP contribution in [0, 0.1) is 12.7 Å². The molecule has 0 saturated heterocycles. The molecule has 0 fully saturated rings. The summed E-state index contributed by atoms with van der Waals surface area (Å²) in [5.74, 6) is -0.294. The number of aromatic nitrogens is 1. The van der Waals surface area contributed by atoms with E-state index in [0.717, 1.165) is 15.6 Å². The molecule has 2 aromatic rings. The monoisotopic (exact) mass is 284 g/mol. The highest BCUT2D eigenvalue weighted by Crippen LogP contribution is 2.28. The second-order valence-electron chi connectivity index (χ2n) is 4.22. The van der Waals surface area contributed by atoms with Crippen molar-refractivity contribution in [1.82, 2.24) is 4.98 Å². The Bertz CT molecular complexity index is 546. The normalized spacial score (nSPS) is 12.7. The lowest BCUT2D eigenvalue weighted by Gasteiger charge is -2.03. The third-order valence-corrected chi connectivity index (χ3v) is 4.39. The first-order valence-electron chi connectivity index (χ1n) is 5.63. The maximum absolute atomic E-state index is 13.7. The zero-order chi connectivity index (χ0) is 13.3. The maximum atomic E-state index is 13.7. The average Bonchev–Trinajstić information content (AvgIpc) is 2.65. The van der Waals surface area contributed by atoms with Gasteiger partial charge in [0.1, 0.15) is 5.82 Å². The molecule has 1 heterocycles. The van der Waals surface area contributed by atoms with Crippen molar-refractivity contribution in [2.75, 3.05) is 0 Å². The van der Waals surface area contributed by atoms with E-state index in [9.17, 15) is 4.39 Å². The number of hydrogen-bond donors (Lipinski definition) is 1. The predicted octanol–water partition coefficient (Wildman–Crippen LogP) is 3.85. The van der Waals surface area contributed by atoms with E-state index in [1.54, 1.807) is 12.1 Å². The van der Waals surface area contributed by atoms with E-state index in [1.807, 2.05) is 13.8 Å². The van der Waals surface area contributed by atoms with Crippen LogP contribution >= 0.6 is 22.9 Å². The van der Waals surface area contributed by atoms with Crippen LogP contribution in [-0.2, 0) is 6.42 Å². The van der Waals surface area contributed by atoms with Gasteiger partial charge in [0.05, 0.1) is 10.7 Å². The van der Waals surface area contributed by atoms with Crippen molar-refractivity contribution >= 4 is 22.9 Å². The van der Waals surface area contributed by atoms with Gasteiger partial charge in [-0.15, -0.1) is 11.3 Å². The second kappa shape index (κ2) is 5.34. The molecule has 5 heteroatoms. The molecule has 0 saturated carbocycles. The third kappa shape index (κ3) is 2.71. The van der Waals surface area contributed by atoms with Crippen LogP contribution in [0.5, 0.6) is 0 Å². The Balaban J connectivity index is 2.32. The van der Waals surface area contributed by atoms with Crippen LogP contribution in [0.4, 0.5) is 4.39 Å². The molecule has 96 valence electrons. The van der Waals surface area contributed by atoms with Gasteiger partial charge >= 0.3 is 0 Å². The lowest BCUT2D eigenvalue weighted by Crippen LogP contribution is -2.03. The second-order valence-corrected chi connectivity index (χ2v) is 5.75. The van der Waals surface area contributed by atoms with Crippen molar-refractivity contribution in [1.29, 1.82) is 0 Å². The zero-order valence-electron chi connectivity index (χ0n) is 10.2. The van der Waals surface area contributed by atoms with Crippen LogP contribution in [0.25, 0.3) is 0 Å². The molecular weight excluding hydrogens is 271 g/mol. The number of benzene rings is 1. The van der Waals surface area contributed by atoms with Crippen LogP contribution in [0.2, 0.25) is 5.02 Å². The quantitative estimate of drug-likeness (QED) is 0.930. The molecular formula is C13H14ClFN2S. The molecule has 2 N–H and O–H groups in total.